The van der Waals surface area contributed by atoms with Crippen LogP contribution in [0.3, 0.4) is 0 Å². The number of hydrogen-bond donors (Lipinski definition) is 0. The summed E-state index contributed by atoms with van der Waals surface area (Å²) in [5.74, 6) is 0.212. The minimum Gasteiger partial charge on any atom is -0.373 e. The third-order valence-electron chi connectivity index (χ3n) is 4.79. The minimum absolute atomic E-state index is 0.0568. The zero-order valence-electron chi connectivity index (χ0n) is 14.1. The minimum atomic E-state index is -0.565. The monoisotopic (exact) mass is 284 g/mol. The highest BCUT2D eigenvalue weighted by molar-refractivity contribution is 4.95. The molecule has 0 aliphatic carbocycles. The van der Waals surface area contributed by atoms with Crippen LogP contribution in [-0.4, -0.2) is 31.2 Å². The highest BCUT2D eigenvalue weighted by Crippen LogP contribution is 2.45. The molecule has 2 aliphatic rings. The fourth-order valence-electron chi connectivity index (χ4n) is 3.71. The summed E-state index contributed by atoms with van der Waals surface area (Å²) < 4.78 is 18.9. The third kappa shape index (κ3) is 2.90. The molecule has 20 heavy (non-hydrogen) atoms. The molecule has 3 unspecified atom stereocenters. The quantitative estimate of drug-likeness (QED) is 0.784. The molecule has 2 heterocycles. The molecular formula is C17H32O3. The summed E-state index contributed by atoms with van der Waals surface area (Å²) in [5.41, 5.74) is 0.0568. The molecule has 0 spiro atoms. The van der Waals surface area contributed by atoms with Crippen molar-refractivity contribution in [1.82, 2.24) is 0 Å². The van der Waals surface area contributed by atoms with Gasteiger partial charge in [0.2, 0.25) is 0 Å². The van der Waals surface area contributed by atoms with Gasteiger partial charge in [0.05, 0.1) is 12.7 Å². The third-order valence-corrected chi connectivity index (χ3v) is 4.79. The molecule has 0 aromatic carbocycles. The first-order valence-corrected chi connectivity index (χ1v) is 8.23. The van der Waals surface area contributed by atoms with E-state index >= 15 is 0 Å². The fraction of sp³-hybridized carbons (Fsp3) is 1.00. The first-order valence-electron chi connectivity index (χ1n) is 8.23. The van der Waals surface area contributed by atoms with Gasteiger partial charge in [-0.25, -0.2) is 0 Å². The number of rotatable bonds is 3. The van der Waals surface area contributed by atoms with E-state index in [1.807, 2.05) is 0 Å². The van der Waals surface area contributed by atoms with Gasteiger partial charge < -0.3 is 14.2 Å². The zero-order valence-corrected chi connectivity index (χ0v) is 14.1. The van der Waals surface area contributed by atoms with Crippen LogP contribution in [0.1, 0.15) is 60.8 Å². The van der Waals surface area contributed by atoms with E-state index in [9.17, 15) is 0 Å². The Bertz CT molecular complexity index is 318. The number of ether oxygens (including phenoxy) is 3. The summed E-state index contributed by atoms with van der Waals surface area (Å²) in [4.78, 5) is 0. The van der Waals surface area contributed by atoms with Crippen LogP contribution in [0.15, 0.2) is 0 Å². The molecule has 0 saturated carbocycles. The fourth-order valence-corrected chi connectivity index (χ4v) is 3.71. The van der Waals surface area contributed by atoms with Crippen molar-refractivity contribution in [2.75, 3.05) is 13.2 Å². The maximum Gasteiger partial charge on any atom is 0.197 e. The van der Waals surface area contributed by atoms with Crippen molar-refractivity contribution >= 4 is 0 Å². The second kappa shape index (κ2) is 5.94. The molecule has 0 radical (unpaired) electrons. The summed E-state index contributed by atoms with van der Waals surface area (Å²) in [5, 5.41) is 0. The number of hydrogen-bond acceptors (Lipinski definition) is 3. The summed E-state index contributed by atoms with van der Waals surface area (Å²) in [6, 6.07) is 0. The van der Waals surface area contributed by atoms with Gasteiger partial charge in [-0.3, -0.25) is 0 Å². The van der Waals surface area contributed by atoms with E-state index in [-0.39, 0.29) is 17.6 Å². The van der Waals surface area contributed by atoms with Gasteiger partial charge in [0.25, 0.3) is 0 Å². The second-order valence-electron chi connectivity index (χ2n) is 7.79. The standard InChI is InChI=1S/C17H32O3/c1-12(2)15-16(5,6)11-19-17(20-15,13(3)4)14-9-7-8-10-18-14/h12-15H,7-11H2,1-6H3. The van der Waals surface area contributed by atoms with Gasteiger partial charge in [0, 0.05) is 17.9 Å². The van der Waals surface area contributed by atoms with E-state index in [0.29, 0.717) is 11.8 Å². The summed E-state index contributed by atoms with van der Waals surface area (Å²) in [6.45, 7) is 14.9. The average molecular weight is 284 g/mol. The largest absolute Gasteiger partial charge is 0.373 e. The first-order chi connectivity index (χ1) is 9.29. The topological polar surface area (TPSA) is 27.7 Å². The van der Waals surface area contributed by atoms with Crippen LogP contribution < -0.4 is 0 Å². The highest BCUT2D eigenvalue weighted by Gasteiger charge is 2.54. The van der Waals surface area contributed by atoms with Gasteiger partial charge in [-0.2, -0.15) is 0 Å². The lowest BCUT2D eigenvalue weighted by Crippen LogP contribution is -2.63. The summed E-state index contributed by atoms with van der Waals surface area (Å²) >= 11 is 0. The predicted molar refractivity (Wildman–Crippen MR) is 80.6 cm³/mol. The van der Waals surface area contributed by atoms with Gasteiger partial charge in [-0.15, -0.1) is 0 Å². The van der Waals surface area contributed by atoms with Crippen molar-refractivity contribution < 1.29 is 14.2 Å². The molecule has 0 aromatic heterocycles. The van der Waals surface area contributed by atoms with Gasteiger partial charge >= 0.3 is 0 Å². The Morgan fingerprint density at radius 1 is 1.05 bits per heavy atom. The molecule has 118 valence electrons. The molecule has 0 N–H and O–H groups in total. The Morgan fingerprint density at radius 2 is 1.75 bits per heavy atom. The van der Waals surface area contributed by atoms with Crippen molar-refractivity contribution in [2.45, 2.75) is 78.8 Å². The SMILES string of the molecule is CC(C)C1OC(C(C)C)(C2CCCCO2)OCC1(C)C. The van der Waals surface area contributed by atoms with E-state index in [1.54, 1.807) is 0 Å². The van der Waals surface area contributed by atoms with Crippen LogP contribution in [0.25, 0.3) is 0 Å². The molecule has 2 rings (SSSR count). The highest BCUT2D eigenvalue weighted by atomic mass is 16.7. The van der Waals surface area contributed by atoms with Crippen molar-refractivity contribution in [3.8, 4) is 0 Å². The van der Waals surface area contributed by atoms with Crippen molar-refractivity contribution in [1.29, 1.82) is 0 Å². The van der Waals surface area contributed by atoms with Crippen LogP contribution >= 0.6 is 0 Å². The first kappa shape index (κ1) is 16.3. The van der Waals surface area contributed by atoms with Crippen LogP contribution in [0.5, 0.6) is 0 Å². The lowest BCUT2D eigenvalue weighted by Gasteiger charge is -2.54. The lowest BCUT2D eigenvalue weighted by atomic mass is 9.78. The molecule has 3 nitrogen and oxygen atoms in total. The molecule has 3 heteroatoms. The Labute approximate surface area is 124 Å². The average Bonchev–Trinajstić information content (AvgIpc) is 2.39. The normalized spacial score (nSPS) is 38.4. The summed E-state index contributed by atoms with van der Waals surface area (Å²) in [6.07, 6.45) is 3.70. The Hall–Kier alpha value is -0.120. The van der Waals surface area contributed by atoms with Crippen molar-refractivity contribution in [2.24, 2.45) is 17.3 Å². The maximum absolute atomic E-state index is 6.60. The zero-order chi connectivity index (χ0) is 15.0. The van der Waals surface area contributed by atoms with E-state index in [0.717, 1.165) is 26.1 Å². The van der Waals surface area contributed by atoms with E-state index < -0.39 is 5.79 Å². The van der Waals surface area contributed by atoms with E-state index in [2.05, 4.69) is 41.5 Å². The predicted octanol–water partition coefficient (Wildman–Crippen LogP) is 4.01. The Morgan fingerprint density at radius 3 is 2.25 bits per heavy atom. The van der Waals surface area contributed by atoms with Crippen molar-refractivity contribution in [3.05, 3.63) is 0 Å². The van der Waals surface area contributed by atoms with Gasteiger partial charge in [-0.05, 0) is 25.2 Å². The molecule has 2 saturated heterocycles. The summed E-state index contributed by atoms with van der Waals surface area (Å²) in [7, 11) is 0. The van der Waals surface area contributed by atoms with E-state index in [4.69, 9.17) is 14.2 Å². The molecule has 2 aliphatic heterocycles. The molecule has 0 amide bonds. The van der Waals surface area contributed by atoms with E-state index in [1.165, 1.54) is 6.42 Å². The second-order valence-corrected chi connectivity index (χ2v) is 7.79. The Balaban J connectivity index is 2.24. The molecule has 0 aromatic rings. The molecule has 3 atom stereocenters. The Kier molecular flexibility index (Phi) is 4.83. The van der Waals surface area contributed by atoms with Gasteiger partial charge in [-0.1, -0.05) is 41.5 Å². The smallest absolute Gasteiger partial charge is 0.197 e. The van der Waals surface area contributed by atoms with Crippen LogP contribution in [0, 0.1) is 17.3 Å². The maximum atomic E-state index is 6.60. The van der Waals surface area contributed by atoms with Crippen LogP contribution in [0.2, 0.25) is 0 Å². The van der Waals surface area contributed by atoms with Crippen LogP contribution in [-0.2, 0) is 14.2 Å². The van der Waals surface area contributed by atoms with Crippen LogP contribution in [0.4, 0.5) is 0 Å². The van der Waals surface area contributed by atoms with Gasteiger partial charge in [0.1, 0.15) is 6.10 Å². The van der Waals surface area contributed by atoms with Gasteiger partial charge in [0.15, 0.2) is 5.79 Å². The molecule has 0 bridgehead atoms. The van der Waals surface area contributed by atoms with Crippen molar-refractivity contribution in [3.63, 3.8) is 0 Å². The lowest BCUT2D eigenvalue weighted by molar-refractivity contribution is -0.388. The molecular weight excluding hydrogens is 252 g/mol. The molecule has 2 fully saturated rings.